The van der Waals surface area contributed by atoms with Crippen LogP contribution in [0.3, 0.4) is 0 Å². The highest BCUT2D eigenvalue weighted by Crippen LogP contribution is 2.50. The lowest BCUT2D eigenvalue weighted by Gasteiger charge is -2.49. The van der Waals surface area contributed by atoms with Crippen LogP contribution < -0.4 is 5.32 Å². The summed E-state index contributed by atoms with van der Waals surface area (Å²) in [5.41, 5.74) is 2.08. The fraction of sp³-hybridized carbons (Fsp3) is 0.545. The van der Waals surface area contributed by atoms with Crippen LogP contribution in [0.5, 0.6) is 0 Å². The Balaban J connectivity index is 1.51. The van der Waals surface area contributed by atoms with Crippen molar-refractivity contribution in [2.75, 3.05) is 6.54 Å². The number of aromatic nitrogens is 1. The Kier molecular flexibility index (Phi) is 5.29. The maximum Gasteiger partial charge on any atom is 0.263 e. The number of hydrogen-bond acceptors (Lipinski definition) is 5. The standard InChI is InChI=1S/C22H28N2O3S/c1-21-9-8-16(12-24-20(26)18-13-23-14-28-18)19(25)22(2,27-21)11-17(10-21)15-6-4-3-5-7-15/h3-7,13-14,16-17,19,25H,8-12H2,1-2H3,(H,24,26)/t16-,17-,19-,21-,22-/m0/s1. The van der Waals surface area contributed by atoms with Crippen LogP contribution in [0.2, 0.25) is 0 Å². The van der Waals surface area contributed by atoms with Crippen molar-refractivity contribution in [1.29, 1.82) is 0 Å². The second-order valence-corrected chi connectivity index (χ2v) is 9.59. The minimum Gasteiger partial charge on any atom is -0.390 e. The summed E-state index contributed by atoms with van der Waals surface area (Å²) in [5.74, 6) is 0.213. The number of nitrogens with one attached hydrogen (secondary N) is 1. The van der Waals surface area contributed by atoms with Gasteiger partial charge in [-0.05, 0) is 51.0 Å². The van der Waals surface area contributed by atoms with E-state index in [-0.39, 0.29) is 17.4 Å². The third-order valence-electron chi connectivity index (χ3n) is 6.38. The second kappa shape index (κ2) is 7.58. The molecule has 1 aromatic heterocycles. The summed E-state index contributed by atoms with van der Waals surface area (Å²) in [7, 11) is 0. The molecule has 2 fully saturated rings. The summed E-state index contributed by atoms with van der Waals surface area (Å²) in [6, 6.07) is 10.5. The van der Waals surface area contributed by atoms with Crippen molar-refractivity contribution >= 4 is 17.2 Å². The summed E-state index contributed by atoms with van der Waals surface area (Å²) >= 11 is 1.32. The molecule has 28 heavy (non-hydrogen) atoms. The normalized spacial score (nSPS) is 35.2. The Morgan fingerprint density at radius 2 is 2.11 bits per heavy atom. The van der Waals surface area contributed by atoms with Crippen molar-refractivity contribution in [3.05, 3.63) is 52.5 Å². The summed E-state index contributed by atoms with van der Waals surface area (Å²) < 4.78 is 6.52. The van der Waals surface area contributed by atoms with Crippen LogP contribution in [0, 0.1) is 5.92 Å². The third-order valence-corrected chi connectivity index (χ3v) is 7.15. The first-order chi connectivity index (χ1) is 13.4. The van der Waals surface area contributed by atoms with Gasteiger partial charge in [0.2, 0.25) is 0 Å². The topological polar surface area (TPSA) is 71.5 Å². The van der Waals surface area contributed by atoms with Crippen molar-refractivity contribution in [3.63, 3.8) is 0 Å². The van der Waals surface area contributed by atoms with Crippen LogP contribution in [0.15, 0.2) is 42.0 Å². The highest BCUT2D eigenvalue weighted by molar-refractivity contribution is 7.11. The van der Waals surface area contributed by atoms with Crippen molar-refractivity contribution in [1.82, 2.24) is 10.3 Å². The fourth-order valence-electron chi connectivity index (χ4n) is 5.02. The van der Waals surface area contributed by atoms with Gasteiger partial charge in [0.1, 0.15) is 4.88 Å². The van der Waals surface area contributed by atoms with Gasteiger partial charge in [0.15, 0.2) is 0 Å². The third kappa shape index (κ3) is 3.86. The van der Waals surface area contributed by atoms with Gasteiger partial charge in [-0.2, -0.15) is 0 Å². The molecule has 2 aliphatic heterocycles. The number of carbonyl (C=O) groups is 1. The SMILES string of the molecule is C[C@]12CC[C@@H](CNC(=O)c3cncs3)[C@H](O)[C@](C)(C[C@@H](c3ccccc3)C1)O2. The van der Waals surface area contributed by atoms with Gasteiger partial charge in [0.05, 0.1) is 29.0 Å². The molecular formula is C22H28N2O3S. The molecule has 0 radical (unpaired) electrons. The number of carbonyl (C=O) groups excluding carboxylic acids is 1. The quantitative estimate of drug-likeness (QED) is 0.820. The molecule has 2 aliphatic rings. The van der Waals surface area contributed by atoms with E-state index in [0.29, 0.717) is 17.3 Å². The molecule has 3 heterocycles. The summed E-state index contributed by atoms with van der Waals surface area (Å²) in [5, 5.41) is 14.2. The van der Waals surface area contributed by atoms with Gasteiger partial charge >= 0.3 is 0 Å². The smallest absolute Gasteiger partial charge is 0.263 e. The second-order valence-electron chi connectivity index (χ2n) is 8.70. The largest absolute Gasteiger partial charge is 0.390 e. The molecule has 0 aliphatic carbocycles. The first-order valence-electron chi connectivity index (χ1n) is 9.98. The first-order valence-corrected chi connectivity index (χ1v) is 10.9. The molecule has 1 aromatic carbocycles. The molecule has 2 saturated heterocycles. The minimum atomic E-state index is -0.623. The fourth-order valence-corrected chi connectivity index (χ4v) is 5.56. The van der Waals surface area contributed by atoms with E-state index in [1.807, 2.05) is 13.0 Å². The van der Waals surface area contributed by atoms with Gasteiger partial charge in [0, 0.05) is 12.5 Å². The molecular weight excluding hydrogens is 372 g/mol. The van der Waals surface area contributed by atoms with E-state index in [9.17, 15) is 9.90 Å². The lowest BCUT2D eigenvalue weighted by atomic mass is 9.74. The Morgan fingerprint density at radius 3 is 2.82 bits per heavy atom. The Hall–Kier alpha value is -1.76. The predicted molar refractivity (Wildman–Crippen MR) is 109 cm³/mol. The zero-order valence-corrected chi connectivity index (χ0v) is 17.2. The number of amides is 1. The van der Waals surface area contributed by atoms with Gasteiger partial charge in [-0.25, -0.2) is 0 Å². The summed E-state index contributed by atoms with van der Waals surface area (Å²) in [4.78, 5) is 16.8. The molecule has 150 valence electrons. The van der Waals surface area contributed by atoms with E-state index >= 15 is 0 Å². The van der Waals surface area contributed by atoms with E-state index in [2.05, 4.69) is 41.5 Å². The Morgan fingerprint density at radius 1 is 1.32 bits per heavy atom. The maximum atomic E-state index is 12.3. The average molecular weight is 401 g/mol. The molecule has 2 N–H and O–H groups in total. The molecule has 2 bridgehead atoms. The summed E-state index contributed by atoms with van der Waals surface area (Å²) in [6.45, 7) is 4.66. The molecule has 5 atom stereocenters. The Bertz CT molecular complexity index is 812. The number of fused-ring (bicyclic) bond motifs is 2. The summed E-state index contributed by atoms with van der Waals surface area (Å²) in [6.07, 6.45) is 4.41. The van der Waals surface area contributed by atoms with E-state index < -0.39 is 11.7 Å². The van der Waals surface area contributed by atoms with Crippen LogP contribution in [-0.2, 0) is 4.74 Å². The van der Waals surface area contributed by atoms with Gasteiger partial charge in [0.25, 0.3) is 5.91 Å². The van der Waals surface area contributed by atoms with Crippen LogP contribution in [-0.4, -0.2) is 39.8 Å². The molecule has 4 rings (SSSR count). The van der Waals surface area contributed by atoms with E-state index in [0.717, 1.165) is 25.7 Å². The highest BCUT2D eigenvalue weighted by atomic mass is 32.1. The monoisotopic (exact) mass is 400 g/mol. The number of nitrogens with zero attached hydrogens (tertiary/aromatic N) is 1. The van der Waals surface area contributed by atoms with Gasteiger partial charge in [-0.1, -0.05) is 30.3 Å². The van der Waals surface area contributed by atoms with Crippen LogP contribution in [0.4, 0.5) is 0 Å². The minimum absolute atomic E-state index is 0.0294. The number of benzene rings is 1. The van der Waals surface area contributed by atoms with E-state index in [4.69, 9.17) is 4.74 Å². The molecule has 0 unspecified atom stereocenters. The number of aliphatic hydroxyl groups excluding tert-OH is 1. The van der Waals surface area contributed by atoms with Crippen molar-refractivity contribution in [2.45, 2.75) is 62.8 Å². The number of ether oxygens (including phenoxy) is 1. The molecule has 2 aromatic rings. The van der Waals surface area contributed by atoms with Crippen LogP contribution in [0.25, 0.3) is 0 Å². The lowest BCUT2D eigenvalue weighted by Crippen LogP contribution is -2.54. The van der Waals surface area contributed by atoms with Crippen molar-refractivity contribution in [2.24, 2.45) is 5.92 Å². The first kappa shape index (κ1) is 19.6. The zero-order valence-electron chi connectivity index (χ0n) is 16.4. The van der Waals surface area contributed by atoms with Crippen molar-refractivity contribution in [3.8, 4) is 0 Å². The lowest BCUT2D eigenvalue weighted by molar-refractivity contribution is -0.215. The molecule has 6 heteroatoms. The van der Waals surface area contributed by atoms with Gasteiger partial charge in [-0.3, -0.25) is 9.78 Å². The molecule has 0 spiro atoms. The highest BCUT2D eigenvalue weighted by Gasteiger charge is 2.52. The molecule has 0 saturated carbocycles. The maximum absolute atomic E-state index is 12.3. The van der Waals surface area contributed by atoms with Crippen LogP contribution in [0.1, 0.15) is 60.7 Å². The Labute approximate surface area is 170 Å². The average Bonchev–Trinajstić information content (AvgIpc) is 3.20. The number of hydrogen-bond donors (Lipinski definition) is 2. The van der Waals surface area contributed by atoms with Crippen molar-refractivity contribution < 1.29 is 14.6 Å². The number of thiazole rings is 1. The van der Waals surface area contributed by atoms with E-state index in [1.54, 1.807) is 11.7 Å². The van der Waals surface area contributed by atoms with Gasteiger partial charge < -0.3 is 15.2 Å². The number of aliphatic hydroxyl groups is 1. The molecule has 1 amide bonds. The number of rotatable bonds is 4. The van der Waals surface area contributed by atoms with E-state index in [1.165, 1.54) is 16.9 Å². The predicted octanol–water partition coefficient (Wildman–Crippen LogP) is 3.76. The zero-order chi connectivity index (χ0) is 19.8. The molecule has 5 nitrogen and oxygen atoms in total. The van der Waals surface area contributed by atoms with Crippen LogP contribution >= 0.6 is 11.3 Å². The van der Waals surface area contributed by atoms with Gasteiger partial charge in [-0.15, -0.1) is 11.3 Å².